The fourth-order valence-corrected chi connectivity index (χ4v) is 3.04. The zero-order valence-corrected chi connectivity index (χ0v) is 17.2. The van der Waals surface area contributed by atoms with E-state index < -0.39 is 0 Å². The van der Waals surface area contributed by atoms with Gasteiger partial charge in [-0.25, -0.2) is 0 Å². The van der Waals surface area contributed by atoms with Crippen molar-refractivity contribution in [2.45, 2.75) is 71.5 Å². The summed E-state index contributed by atoms with van der Waals surface area (Å²) in [6.07, 6.45) is 5.18. The molecule has 6 heteroatoms. The van der Waals surface area contributed by atoms with Crippen molar-refractivity contribution in [2.24, 2.45) is 0 Å². The molecule has 0 bridgehead atoms. The molecule has 0 spiro atoms. The summed E-state index contributed by atoms with van der Waals surface area (Å²) in [6.45, 7) is 9.16. The third kappa shape index (κ3) is 7.83. The van der Waals surface area contributed by atoms with E-state index in [0.29, 0.717) is 24.1 Å². The van der Waals surface area contributed by atoms with Crippen LogP contribution in [-0.2, 0) is 11.3 Å². The van der Waals surface area contributed by atoms with E-state index in [4.69, 9.17) is 9.47 Å². The minimum atomic E-state index is -0.265. The van der Waals surface area contributed by atoms with Gasteiger partial charge < -0.3 is 20.1 Å². The molecule has 0 atom stereocenters. The van der Waals surface area contributed by atoms with Crippen molar-refractivity contribution in [3.63, 3.8) is 0 Å². The van der Waals surface area contributed by atoms with Crippen molar-refractivity contribution < 1.29 is 14.3 Å². The van der Waals surface area contributed by atoms with E-state index in [1.54, 1.807) is 0 Å². The molecule has 2 rings (SSSR count). The maximum Gasteiger partial charge on any atom is 0.258 e. The molecule has 1 aromatic carbocycles. The molecule has 2 N–H and O–H groups in total. The molecule has 1 aromatic rings. The van der Waals surface area contributed by atoms with Crippen molar-refractivity contribution in [1.82, 2.24) is 10.6 Å². The number of ether oxygens (including phenoxy) is 2. The van der Waals surface area contributed by atoms with Crippen LogP contribution in [0.1, 0.15) is 58.9 Å². The largest absolute Gasteiger partial charge is 0.490 e. The van der Waals surface area contributed by atoms with Gasteiger partial charge in [0.1, 0.15) is 0 Å². The summed E-state index contributed by atoms with van der Waals surface area (Å²) in [7, 11) is 0. The lowest BCUT2D eigenvalue weighted by atomic mass is 10.1. The van der Waals surface area contributed by atoms with Gasteiger partial charge in [0, 0.05) is 18.1 Å². The number of rotatable bonds is 8. The first-order chi connectivity index (χ1) is 11.9. The molecule has 1 aliphatic carbocycles. The summed E-state index contributed by atoms with van der Waals surface area (Å²) in [5.41, 5.74) is 0.903. The molecule has 1 fully saturated rings. The summed E-state index contributed by atoms with van der Waals surface area (Å²) in [4.78, 5) is 11.9. The maximum atomic E-state index is 11.9. The molecular formula is C20H33ClN2O3. The second-order valence-corrected chi connectivity index (χ2v) is 7.66. The Balaban J connectivity index is 0.00000338. The molecule has 1 saturated carbocycles. The van der Waals surface area contributed by atoms with E-state index in [1.165, 1.54) is 31.2 Å². The van der Waals surface area contributed by atoms with Gasteiger partial charge in [0.25, 0.3) is 5.91 Å². The highest BCUT2D eigenvalue weighted by molar-refractivity contribution is 5.85. The van der Waals surface area contributed by atoms with Gasteiger partial charge in [-0.1, -0.05) is 18.9 Å². The van der Waals surface area contributed by atoms with Crippen molar-refractivity contribution in [3.8, 4) is 11.5 Å². The molecule has 1 aliphatic rings. The van der Waals surface area contributed by atoms with Crippen LogP contribution < -0.4 is 20.1 Å². The van der Waals surface area contributed by atoms with E-state index in [9.17, 15) is 4.79 Å². The number of benzene rings is 1. The Morgan fingerprint density at radius 1 is 1.15 bits per heavy atom. The molecular weight excluding hydrogens is 352 g/mol. The van der Waals surface area contributed by atoms with Crippen LogP contribution in [0.25, 0.3) is 0 Å². The van der Waals surface area contributed by atoms with E-state index in [0.717, 1.165) is 6.54 Å². The SMILES string of the molecule is CCOc1cc(CNC2CCCC2)ccc1OCC(=O)NC(C)(C)C.Cl. The number of carbonyl (C=O) groups is 1. The van der Waals surface area contributed by atoms with E-state index in [1.807, 2.05) is 45.9 Å². The van der Waals surface area contributed by atoms with E-state index >= 15 is 0 Å². The van der Waals surface area contributed by atoms with Crippen LogP contribution in [-0.4, -0.2) is 30.7 Å². The first-order valence-corrected chi connectivity index (χ1v) is 9.30. The smallest absolute Gasteiger partial charge is 0.258 e. The number of nitrogens with one attached hydrogen (secondary N) is 2. The van der Waals surface area contributed by atoms with E-state index in [-0.39, 0.29) is 30.5 Å². The normalized spacial score (nSPS) is 14.6. The molecule has 0 saturated heterocycles. The highest BCUT2D eigenvalue weighted by Crippen LogP contribution is 2.29. The minimum absolute atomic E-state index is 0. The summed E-state index contributed by atoms with van der Waals surface area (Å²) in [5, 5.41) is 6.49. The van der Waals surface area contributed by atoms with Gasteiger partial charge in [-0.05, 0) is 58.2 Å². The summed E-state index contributed by atoms with van der Waals surface area (Å²) < 4.78 is 11.4. The predicted octanol–water partition coefficient (Wildman–Crippen LogP) is 3.83. The lowest BCUT2D eigenvalue weighted by Gasteiger charge is -2.21. The average Bonchev–Trinajstić information content (AvgIpc) is 3.04. The van der Waals surface area contributed by atoms with Crippen molar-refractivity contribution >= 4 is 18.3 Å². The van der Waals surface area contributed by atoms with Gasteiger partial charge in [-0.15, -0.1) is 12.4 Å². The molecule has 148 valence electrons. The number of hydrogen-bond acceptors (Lipinski definition) is 4. The van der Waals surface area contributed by atoms with E-state index in [2.05, 4.69) is 10.6 Å². The van der Waals surface area contributed by atoms with Gasteiger partial charge >= 0.3 is 0 Å². The number of amides is 1. The molecule has 0 radical (unpaired) electrons. The quantitative estimate of drug-likeness (QED) is 0.715. The van der Waals surface area contributed by atoms with Crippen molar-refractivity contribution in [2.75, 3.05) is 13.2 Å². The van der Waals surface area contributed by atoms with Crippen LogP contribution in [0.2, 0.25) is 0 Å². The Morgan fingerprint density at radius 2 is 1.85 bits per heavy atom. The Hall–Kier alpha value is -1.46. The maximum absolute atomic E-state index is 11.9. The third-order valence-corrected chi connectivity index (χ3v) is 4.13. The number of halogens is 1. The molecule has 0 aromatic heterocycles. The lowest BCUT2D eigenvalue weighted by molar-refractivity contribution is -0.124. The van der Waals surface area contributed by atoms with Crippen LogP contribution in [0, 0.1) is 0 Å². The standard InChI is InChI=1S/C20H32N2O3.ClH/c1-5-24-18-12-15(13-21-16-8-6-7-9-16)10-11-17(18)25-14-19(23)22-20(2,3)4;/h10-12,16,21H,5-9,13-14H2,1-4H3,(H,22,23);1H. The Labute approximate surface area is 163 Å². The van der Waals surface area contributed by atoms with Crippen molar-refractivity contribution in [3.05, 3.63) is 23.8 Å². The van der Waals surface area contributed by atoms with Crippen LogP contribution >= 0.6 is 12.4 Å². The van der Waals surface area contributed by atoms with Gasteiger partial charge in [0.2, 0.25) is 0 Å². The van der Waals surface area contributed by atoms with Gasteiger partial charge in [-0.2, -0.15) is 0 Å². The number of hydrogen-bond donors (Lipinski definition) is 2. The second kappa shape index (κ2) is 10.6. The topological polar surface area (TPSA) is 59.6 Å². The molecule has 5 nitrogen and oxygen atoms in total. The third-order valence-electron chi connectivity index (χ3n) is 4.13. The predicted molar refractivity (Wildman–Crippen MR) is 107 cm³/mol. The van der Waals surface area contributed by atoms with Gasteiger partial charge in [0.05, 0.1) is 6.61 Å². The lowest BCUT2D eigenvalue weighted by Crippen LogP contribution is -2.43. The monoisotopic (exact) mass is 384 g/mol. The molecule has 0 heterocycles. The first-order valence-electron chi connectivity index (χ1n) is 9.30. The Morgan fingerprint density at radius 3 is 2.46 bits per heavy atom. The first kappa shape index (κ1) is 22.6. The van der Waals surface area contributed by atoms with Crippen molar-refractivity contribution in [1.29, 1.82) is 0 Å². The highest BCUT2D eigenvalue weighted by Gasteiger charge is 2.16. The van der Waals surface area contributed by atoms with Crippen LogP contribution in [0.3, 0.4) is 0 Å². The average molecular weight is 385 g/mol. The molecule has 1 amide bonds. The highest BCUT2D eigenvalue weighted by atomic mass is 35.5. The van der Waals surface area contributed by atoms with Crippen LogP contribution in [0.5, 0.6) is 11.5 Å². The second-order valence-electron chi connectivity index (χ2n) is 7.66. The summed E-state index contributed by atoms with van der Waals surface area (Å²) >= 11 is 0. The van der Waals surface area contributed by atoms with Crippen LogP contribution in [0.4, 0.5) is 0 Å². The Bertz CT molecular complexity index is 567. The minimum Gasteiger partial charge on any atom is -0.490 e. The zero-order valence-electron chi connectivity index (χ0n) is 16.4. The summed E-state index contributed by atoms with van der Waals surface area (Å²) in [6, 6.07) is 6.55. The van der Waals surface area contributed by atoms with Gasteiger partial charge in [0.15, 0.2) is 18.1 Å². The fourth-order valence-electron chi connectivity index (χ4n) is 3.04. The Kier molecular flexibility index (Phi) is 9.23. The zero-order chi connectivity index (χ0) is 18.3. The number of carbonyl (C=O) groups excluding carboxylic acids is 1. The fraction of sp³-hybridized carbons (Fsp3) is 0.650. The molecule has 0 aliphatic heterocycles. The summed E-state index contributed by atoms with van der Waals surface area (Å²) in [5.74, 6) is 1.16. The molecule has 0 unspecified atom stereocenters. The van der Waals surface area contributed by atoms with Gasteiger partial charge in [-0.3, -0.25) is 4.79 Å². The molecule has 26 heavy (non-hydrogen) atoms. The van der Waals surface area contributed by atoms with Crippen LogP contribution in [0.15, 0.2) is 18.2 Å².